The number of rotatable bonds is 8. The zero-order valence-electron chi connectivity index (χ0n) is 23.8. The molecule has 4 aromatic carbocycles. The number of hydrogen-bond donors (Lipinski definition) is 2. The molecule has 0 spiro atoms. The number of benzene rings is 4. The molecule has 0 heterocycles. The molecule has 0 radical (unpaired) electrons. The van der Waals surface area contributed by atoms with E-state index in [1.54, 1.807) is 38.5 Å². The first-order chi connectivity index (χ1) is 20.0. The van der Waals surface area contributed by atoms with Gasteiger partial charge in [-0.1, -0.05) is 48.5 Å². The van der Waals surface area contributed by atoms with E-state index >= 15 is 0 Å². The summed E-state index contributed by atoms with van der Waals surface area (Å²) in [6.07, 6.45) is 2.66. The Labute approximate surface area is 243 Å². The number of aryl methyl sites for hydroxylation is 2. The van der Waals surface area contributed by atoms with E-state index in [-0.39, 0.29) is 11.6 Å². The van der Waals surface area contributed by atoms with E-state index in [0.29, 0.717) is 33.8 Å². The van der Waals surface area contributed by atoms with Crippen LogP contribution in [0.2, 0.25) is 0 Å². The van der Waals surface area contributed by atoms with Crippen molar-refractivity contribution in [2.45, 2.75) is 13.8 Å². The predicted molar refractivity (Wildman–Crippen MR) is 161 cm³/mol. The molecule has 216 valence electrons. The van der Waals surface area contributed by atoms with Crippen LogP contribution >= 0.6 is 0 Å². The second-order valence-electron chi connectivity index (χ2n) is 9.30. The Hall–Kier alpha value is -5.24. The fourth-order valence-corrected chi connectivity index (χ4v) is 4.19. The van der Waals surface area contributed by atoms with Gasteiger partial charge in [0.25, 0.3) is 0 Å². The summed E-state index contributed by atoms with van der Waals surface area (Å²) in [6.45, 7) is 3.86. The van der Waals surface area contributed by atoms with Crippen molar-refractivity contribution in [1.82, 2.24) is 0 Å². The number of hydrogen-bond acceptors (Lipinski definition) is 4. The molecule has 2 amide bonds. The van der Waals surface area contributed by atoms with Crippen LogP contribution in [0.4, 0.5) is 8.78 Å². The Kier molecular flexibility index (Phi) is 10.7. The van der Waals surface area contributed by atoms with E-state index in [0.717, 1.165) is 22.3 Å². The van der Waals surface area contributed by atoms with Crippen LogP contribution < -0.4 is 20.9 Å². The molecule has 0 atom stereocenters. The lowest BCUT2D eigenvalue weighted by molar-refractivity contribution is -0.114. The van der Waals surface area contributed by atoms with Crippen LogP contribution in [-0.4, -0.2) is 26.0 Å². The molecule has 0 aromatic heterocycles. The summed E-state index contributed by atoms with van der Waals surface area (Å²) in [4.78, 5) is 22.6. The highest BCUT2D eigenvalue weighted by Gasteiger charge is 2.11. The normalized spacial score (nSPS) is 11.3. The van der Waals surface area contributed by atoms with Gasteiger partial charge >= 0.3 is 0 Å². The third kappa shape index (κ3) is 8.38. The highest BCUT2D eigenvalue weighted by atomic mass is 19.1. The van der Waals surface area contributed by atoms with Gasteiger partial charge in [-0.15, -0.1) is 0 Å². The van der Waals surface area contributed by atoms with Crippen molar-refractivity contribution in [1.29, 1.82) is 0 Å². The molecule has 4 N–H and O–H groups in total. The topological polar surface area (TPSA) is 105 Å². The van der Waals surface area contributed by atoms with Crippen LogP contribution in [-0.2, 0) is 9.59 Å². The standard InChI is InChI=1S/2C17H16FNO2/c2*1-11-3-4-13(9-16(11)21-2)15(10-17(19)20)12-5-7-14(18)8-6-12/h2*3-10H,1-2H3,(H2,19,20)/b15-10+;15-10-. The fourth-order valence-electron chi connectivity index (χ4n) is 4.19. The highest BCUT2D eigenvalue weighted by molar-refractivity contribution is 5.99. The van der Waals surface area contributed by atoms with Gasteiger partial charge in [-0.05, 0) is 94.8 Å². The van der Waals surface area contributed by atoms with Crippen molar-refractivity contribution in [3.8, 4) is 11.5 Å². The molecular formula is C34H32F2N2O4. The molecule has 0 unspecified atom stereocenters. The molecule has 0 aliphatic rings. The maximum atomic E-state index is 13.1. The molecular weight excluding hydrogens is 538 g/mol. The second kappa shape index (κ2) is 14.4. The first-order valence-corrected chi connectivity index (χ1v) is 12.9. The zero-order valence-corrected chi connectivity index (χ0v) is 23.8. The summed E-state index contributed by atoms with van der Waals surface area (Å²) in [6, 6.07) is 23.0. The average Bonchev–Trinajstić information content (AvgIpc) is 2.96. The largest absolute Gasteiger partial charge is 0.496 e. The molecule has 0 aliphatic carbocycles. The van der Waals surface area contributed by atoms with Gasteiger partial charge in [0.1, 0.15) is 23.1 Å². The van der Waals surface area contributed by atoms with Crippen molar-refractivity contribution in [2.75, 3.05) is 14.2 Å². The summed E-state index contributed by atoms with van der Waals surface area (Å²) in [5.74, 6) is -0.366. The lowest BCUT2D eigenvalue weighted by Crippen LogP contribution is -2.07. The maximum absolute atomic E-state index is 13.1. The minimum absolute atomic E-state index is 0.335. The molecule has 42 heavy (non-hydrogen) atoms. The Balaban J connectivity index is 0.000000230. The van der Waals surface area contributed by atoms with E-state index in [1.165, 1.54) is 36.4 Å². The van der Waals surface area contributed by atoms with Crippen molar-refractivity contribution in [2.24, 2.45) is 11.5 Å². The van der Waals surface area contributed by atoms with Gasteiger partial charge in [0.05, 0.1) is 14.2 Å². The van der Waals surface area contributed by atoms with Gasteiger partial charge in [0.2, 0.25) is 11.8 Å². The predicted octanol–water partition coefficient (Wildman–Crippen LogP) is 6.12. The second-order valence-corrected chi connectivity index (χ2v) is 9.30. The number of ether oxygens (including phenoxy) is 2. The third-order valence-corrected chi connectivity index (χ3v) is 6.32. The van der Waals surface area contributed by atoms with E-state index in [9.17, 15) is 18.4 Å². The highest BCUT2D eigenvalue weighted by Crippen LogP contribution is 2.30. The zero-order chi connectivity index (χ0) is 30.8. The number of carbonyl (C=O) groups excluding carboxylic acids is 2. The Morgan fingerprint density at radius 3 is 1.17 bits per heavy atom. The lowest BCUT2D eigenvalue weighted by Gasteiger charge is -2.11. The van der Waals surface area contributed by atoms with E-state index < -0.39 is 11.8 Å². The third-order valence-electron chi connectivity index (χ3n) is 6.32. The number of carbonyl (C=O) groups is 2. The van der Waals surface area contributed by atoms with Gasteiger partial charge in [0.15, 0.2) is 0 Å². The summed E-state index contributed by atoms with van der Waals surface area (Å²) in [7, 11) is 3.17. The van der Waals surface area contributed by atoms with Crippen LogP contribution in [0.25, 0.3) is 11.1 Å². The number of methoxy groups -OCH3 is 2. The van der Waals surface area contributed by atoms with Crippen molar-refractivity contribution in [3.63, 3.8) is 0 Å². The summed E-state index contributed by atoms with van der Waals surface area (Å²) in [5.41, 5.74) is 16.8. The van der Waals surface area contributed by atoms with E-state index in [1.807, 2.05) is 50.2 Å². The molecule has 6 nitrogen and oxygen atoms in total. The fraction of sp³-hybridized carbons (Fsp3) is 0.118. The molecule has 4 aromatic rings. The van der Waals surface area contributed by atoms with Gasteiger partial charge < -0.3 is 20.9 Å². The molecule has 0 saturated carbocycles. The van der Waals surface area contributed by atoms with Crippen molar-refractivity contribution in [3.05, 3.63) is 142 Å². The quantitative estimate of drug-likeness (QED) is 0.249. The smallest absolute Gasteiger partial charge is 0.242 e. The van der Waals surface area contributed by atoms with Crippen LogP contribution in [0.3, 0.4) is 0 Å². The number of halogens is 2. The number of amides is 2. The molecule has 4 rings (SSSR count). The first kappa shape index (κ1) is 31.3. The van der Waals surface area contributed by atoms with E-state index in [2.05, 4.69) is 0 Å². The first-order valence-electron chi connectivity index (χ1n) is 12.9. The average molecular weight is 571 g/mol. The molecule has 0 saturated heterocycles. The molecule has 0 fully saturated rings. The van der Waals surface area contributed by atoms with Crippen molar-refractivity contribution < 1.29 is 27.8 Å². The van der Waals surface area contributed by atoms with Gasteiger partial charge in [0, 0.05) is 12.2 Å². The Morgan fingerprint density at radius 1 is 0.571 bits per heavy atom. The lowest BCUT2D eigenvalue weighted by atomic mass is 9.96. The van der Waals surface area contributed by atoms with Gasteiger partial charge in [-0.3, -0.25) is 9.59 Å². The SMILES string of the molecule is COc1cc(/C(=C/C(N)=O)c2ccc(F)cc2)ccc1C.COc1cc(/C(=C\C(N)=O)c2ccc(F)cc2)ccc1C. The molecule has 0 aliphatic heterocycles. The number of primary amides is 2. The van der Waals surface area contributed by atoms with E-state index in [4.69, 9.17) is 20.9 Å². The minimum atomic E-state index is -0.561. The van der Waals surface area contributed by atoms with Crippen molar-refractivity contribution >= 4 is 23.0 Å². The van der Waals surface area contributed by atoms with Gasteiger partial charge in [-0.2, -0.15) is 0 Å². The van der Waals surface area contributed by atoms with Crippen LogP contribution in [0.15, 0.2) is 97.1 Å². The van der Waals surface area contributed by atoms with Crippen LogP contribution in [0, 0.1) is 25.5 Å². The minimum Gasteiger partial charge on any atom is -0.496 e. The van der Waals surface area contributed by atoms with Crippen LogP contribution in [0.5, 0.6) is 11.5 Å². The maximum Gasteiger partial charge on any atom is 0.242 e. The summed E-state index contributed by atoms with van der Waals surface area (Å²) >= 11 is 0. The molecule has 0 bridgehead atoms. The Morgan fingerprint density at radius 2 is 0.881 bits per heavy atom. The summed E-state index contributed by atoms with van der Waals surface area (Å²) in [5, 5.41) is 0. The molecule has 8 heteroatoms. The monoisotopic (exact) mass is 570 g/mol. The summed E-state index contributed by atoms with van der Waals surface area (Å²) < 4.78 is 36.7. The Bertz CT molecular complexity index is 1500. The van der Waals surface area contributed by atoms with Gasteiger partial charge in [-0.25, -0.2) is 8.78 Å². The number of nitrogens with two attached hydrogens (primary N) is 2. The van der Waals surface area contributed by atoms with Crippen LogP contribution in [0.1, 0.15) is 33.4 Å².